The minimum absolute atomic E-state index is 0.593. The topological polar surface area (TPSA) is 84.6 Å². The first kappa shape index (κ1) is 18.2. The van der Waals surface area contributed by atoms with Gasteiger partial charge in [-0.3, -0.25) is 0 Å². The van der Waals surface area contributed by atoms with Gasteiger partial charge in [-0.05, 0) is 40.5 Å². The third-order valence-electron chi connectivity index (χ3n) is 5.21. The number of fused-ring (bicyclic) bond motifs is 1. The van der Waals surface area contributed by atoms with Gasteiger partial charge in [0.15, 0.2) is 5.65 Å². The van der Waals surface area contributed by atoms with Gasteiger partial charge >= 0.3 is 0 Å². The number of benzene rings is 2. The molecule has 0 radical (unpaired) electrons. The van der Waals surface area contributed by atoms with Gasteiger partial charge < -0.3 is 0 Å². The van der Waals surface area contributed by atoms with Crippen molar-refractivity contribution in [3.8, 4) is 22.5 Å². The molecular weight excluding hydrogens is 374 g/mol. The number of nitrogens with one attached hydrogen (secondary N) is 1. The van der Waals surface area contributed by atoms with Gasteiger partial charge in [-0.1, -0.05) is 61.9 Å². The second-order valence-corrected chi connectivity index (χ2v) is 7.20. The summed E-state index contributed by atoms with van der Waals surface area (Å²) >= 11 is 0. The van der Waals surface area contributed by atoms with Gasteiger partial charge in [0.25, 0.3) is 0 Å². The van der Waals surface area contributed by atoms with E-state index in [0.29, 0.717) is 5.82 Å². The fourth-order valence-corrected chi connectivity index (χ4v) is 3.80. The number of imidazole rings is 1. The molecule has 7 nitrogen and oxygen atoms in total. The zero-order valence-corrected chi connectivity index (χ0v) is 16.7. The molecule has 3 heterocycles. The van der Waals surface area contributed by atoms with Gasteiger partial charge in [0, 0.05) is 18.2 Å². The van der Waals surface area contributed by atoms with Crippen LogP contribution >= 0.6 is 0 Å². The largest absolute Gasteiger partial charge is 0.232 e. The molecule has 0 aliphatic carbocycles. The highest BCUT2D eigenvalue weighted by molar-refractivity contribution is 5.80. The monoisotopic (exact) mass is 395 g/mol. The van der Waals surface area contributed by atoms with E-state index in [1.54, 1.807) is 0 Å². The number of nitrogens with zero attached hydrogens (tertiary/aromatic N) is 6. The second kappa shape index (κ2) is 7.87. The smallest absolute Gasteiger partial charge is 0.205 e. The fourth-order valence-electron chi connectivity index (χ4n) is 3.80. The minimum atomic E-state index is 0.593. The maximum absolute atomic E-state index is 4.78. The predicted molar refractivity (Wildman–Crippen MR) is 115 cm³/mol. The van der Waals surface area contributed by atoms with Crippen LogP contribution in [0.4, 0.5) is 0 Å². The Morgan fingerprint density at radius 2 is 1.77 bits per heavy atom. The quantitative estimate of drug-likeness (QED) is 0.467. The molecule has 0 saturated heterocycles. The fraction of sp³-hybridized carbons (Fsp3) is 0.174. The van der Waals surface area contributed by atoms with Crippen LogP contribution in [0.5, 0.6) is 0 Å². The van der Waals surface area contributed by atoms with E-state index in [1.807, 2.05) is 41.0 Å². The summed E-state index contributed by atoms with van der Waals surface area (Å²) in [6, 6.07) is 20.6. The van der Waals surface area contributed by atoms with Crippen molar-refractivity contribution >= 4 is 5.65 Å². The molecule has 0 unspecified atom stereocenters. The standard InChI is InChI=1S/C23H21N7/c1-2-6-20-21(30-22(25-20)9-5-14-24-30)15-16-10-12-17(13-11-16)18-7-3-4-8-19(18)23-26-28-29-27-23/h3-5,7-14H,2,6,15H2,1H3,(H,26,27,28,29). The second-order valence-electron chi connectivity index (χ2n) is 7.20. The summed E-state index contributed by atoms with van der Waals surface area (Å²) in [7, 11) is 0. The van der Waals surface area contributed by atoms with E-state index in [-0.39, 0.29) is 0 Å². The van der Waals surface area contributed by atoms with E-state index >= 15 is 0 Å². The number of aryl methyl sites for hydroxylation is 1. The summed E-state index contributed by atoms with van der Waals surface area (Å²) in [6.45, 7) is 2.18. The summed E-state index contributed by atoms with van der Waals surface area (Å²) in [5.41, 5.74) is 7.56. The van der Waals surface area contributed by atoms with Crippen molar-refractivity contribution in [2.24, 2.45) is 0 Å². The van der Waals surface area contributed by atoms with Crippen LogP contribution in [-0.2, 0) is 12.8 Å². The molecule has 0 amide bonds. The number of rotatable bonds is 6. The number of aromatic amines is 1. The van der Waals surface area contributed by atoms with E-state index in [4.69, 9.17) is 4.98 Å². The average molecular weight is 395 g/mol. The maximum Gasteiger partial charge on any atom is 0.205 e. The van der Waals surface area contributed by atoms with Crippen LogP contribution in [-0.4, -0.2) is 35.2 Å². The van der Waals surface area contributed by atoms with E-state index in [2.05, 4.69) is 63.0 Å². The SMILES string of the molecule is CCCc1nc2cccnn2c1Cc1ccc(-c2ccccc2-c2nn[nH]n2)cc1. The summed E-state index contributed by atoms with van der Waals surface area (Å²) in [5, 5.41) is 19.0. The van der Waals surface area contributed by atoms with Crippen molar-refractivity contribution in [3.05, 3.63) is 83.8 Å². The Bertz CT molecular complexity index is 1270. The highest BCUT2D eigenvalue weighted by Crippen LogP contribution is 2.30. The Kier molecular flexibility index (Phi) is 4.77. The molecule has 5 aromatic rings. The van der Waals surface area contributed by atoms with Gasteiger partial charge in [-0.25, -0.2) is 9.50 Å². The molecule has 7 heteroatoms. The van der Waals surface area contributed by atoms with Crippen molar-refractivity contribution in [1.29, 1.82) is 0 Å². The zero-order valence-electron chi connectivity index (χ0n) is 16.7. The Hall–Kier alpha value is -3.87. The minimum Gasteiger partial charge on any atom is -0.232 e. The third kappa shape index (κ3) is 3.34. The molecule has 3 aromatic heterocycles. The Balaban J connectivity index is 1.48. The van der Waals surface area contributed by atoms with Crippen LogP contribution in [0.3, 0.4) is 0 Å². The Morgan fingerprint density at radius 1 is 0.933 bits per heavy atom. The van der Waals surface area contributed by atoms with Gasteiger partial charge in [-0.2, -0.15) is 10.3 Å². The Labute approximate surface area is 173 Å². The molecule has 0 aliphatic heterocycles. The summed E-state index contributed by atoms with van der Waals surface area (Å²) in [5.74, 6) is 0.593. The summed E-state index contributed by atoms with van der Waals surface area (Å²) in [6.07, 6.45) is 4.61. The van der Waals surface area contributed by atoms with Crippen molar-refractivity contribution in [3.63, 3.8) is 0 Å². The number of H-pyrrole nitrogens is 1. The lowest BCUT2D eigenvalue weighted by Crippen LogP contribution is -2.01. The predicted octanol–water partition coefficient (Wildman–Crippen LogP) is 4.12. The lowest BCUT2D eigenvalue weighted by molar-refractivity contribution is 0.831. The first-order valence-electron chi connectivity index (χ1n) is 10.1. The maximum atomic E-state index is 4.78. The van der Waals surface area contributed by atoms with Crippen LogP contribution in [0, 0.1) is 0 Å². The van der Waals surface area contributed by atoms with Crippen LogP contribution in [0.2, 0.25) is 0 Å². The molecule has 0 bridgehead atoms. The zero-order chi connectivity index (χ0) is 20.3. The number of tetrazole rings is 1. The van der Waals surface area contributed by atoms with E-state index in [1.165, 1.54) is 5.56 Å². The van der Waals surface area contributed by atoms with Gasteiger partial charge in [-0.15, -0.1) is 10.2 Å². The van der Waals surface area contributed by atoms with Crippen molar-refractivity contribution in [2.75, 3.05) is 0 Å². The summed E-state index contributed by atoms with van der Waals surface area (Å²) in [4.78, 5) is 4.78. The van der Waals surface area contributed by atoms with Crippen molar-refractivity contribution in [2.45, 2.75) is 26.2 Å². The normalized spacial score (nSPS) is 11.2. The van der Waals surface area contributed by atoms with Gasteiger partial charge in [0.05, 0.1) is 11.4 Å². The molecule has 148 valence electrons. The van der Waals surface area contributed by atoms with Gasteiger partial charge in [0.1, 0.15) is 0 Å². The van der Waals surface area contributed by atoms with E-state index in [0.717, 1.165) is 53.0 Å². The van der Waals surface area contributed by atoms with E-state index in [9.17, 15) is 0 Å². The number of hydrogen-bond acceptors (Lipinski definition) is 5. The third-order valence-corrected chi connectivity index (χ3v) is 5.21. The molecule has 0 atom stereocenters. The van der Waals surface area contributed by atoms with Crippen LogP contribution in [0.15, 0.2) is 66.9 Å². The highest BCUT2D eigenvalue weighted by Gasteiger charge is 2.14. The van der Waals surface area contributed by atoms with E-state index < -0.39 is 0 Å². The molecule has 0 fully saturated rings. The van der Waals surface area contributed by atoms with Crippen LogP contribution in [0.25, 0.3) is 28.2 Å². The van der Waals surface area contributed by atoms with Crippen LogP contribution < -0.4 is 0 Å². The van der Waals surface area contributed by atoms with Crippen LogP contribution in [0.1, 0.15) is 30.3 Å². The molecule has 0 spiro atoms. The molecule has 30 heavy (non-hydrogen) atoms. The van der Waals surface area contributed by atoms with Crippen molar-refractivity contribution in [1.82, 2.24) is 35.2 Å². The molecular formula is C23H21N7. The highest BCUT2D eigenvalue weighted by atomic mass is 15.5. The molecule has 2 aromatic carbocycles. The lowest BCUT2D eigenvalue weighted by atomic mass is 9.97. The lowest BCUT2D eigenvalue weighted by Gasteiger charge is -2.09. The Morgan fingerprint density at radius 3 is 2.53 bits per heavy atom. The van der Waals surface area contributed by atoms with Crippen molar-refractivity contribution < 1.29 is 0 Å². The van der Waals surface area contributed by atoms with Gasteiger partial charge in [0.2, 0.25) is 5.82 Å². The summed E-state index contributed by atoms with van der Waals surface area (Å²) < 4.78 is 1.96. The molecule has 5 rings (SSSR count). The molecule has 1 N–H and O–H groups in total. The number of aromatic nitrogens is 7. The number of hydrogen-bond donors (Lipinski definition) is 1. The average Bonchev–Trinajstić information content (AvgIpc) is 3.44. The first-order chi connectivity index (χ1) is 14.8. The first-order valence-corrected chi connectivity index (χ1v) is 10.1. The molecule has 0 aliphatic rings. The molecule has 0 saturated carbocycles.